The number of hydrogen-bond acceptors (Lipinski definition) is 13. The monoisotopic (exact) mass is 579 g/mol. The standard InChI is InChI=1S/C13H19NO7.C9H15NO3.C2H2ClO2/c1-18-11(16)20-7-13(8-21-12(17)19-2)10(15)9-3-5-14(13)6-4-9;11-5-9(6-12)8(13)7-1-3-10(9)4-2-7;1-5-2(3)4/h9H,3-8H2,1-2H3;7,11-12H,1-6H2;1H2/q;;+1. The third-order valence-electron chi connectivity index (χ3n) is 7.69. The highest BCUT2D eigenvalue weighted by Gasteiger charge is 2.55. The minimum Gasteiger partial charge on any atom is -0.438 e. The van der Waals surface area contributed by atoms with Crippen LogP contribution in [0.4, 0.5) is 14.4 Å². The van der Waals surface area contributed by atoms with Crippen LogP contribution in [0.15, 0.2) is 0 Å². The number of aliphatic hydroxyl groups excluding tert-OH is 2. The predicted octanol–water partition coefficient (Wildman–Crippen LogP) is 0.300. The highest BCUT2D eigenvalue weighted by atomic mass is 35.5. The van der Waals surface area contributed by atoms with Crippen LogP contribution in [-0.4, -0.2) is 134 Å². The van der Waals surface area contributed by atoms with Crippen molar-refractivity contribution < 1.29 is 57.6 Å². The molecule has 0 atom stereocenters. The Morgan fingerprint density at radius 2 is 1.18 bits per heavy atom. The van der Waals surface area contributed by atoms with Gasteiger partial charge in [0.1, 0.15) is 24.3 Å². The van der Waals surface area contributed by atoms with Crippen LogP contribution in [-0.2, 0) is 33.0 Å². The second kappa shape index (κ2) is 14.7. The molecule has 2 N–H and O–H groups in total. The molecule has 220 valence electrons. The van der Waals surface area contributed by atoms with Gasteiger partial charge in [-0.15, -0.1) is 0 Å². The summed E-state index contributed by atoms with van der Waals surface area (Å²) in [5.74, 6) is -0.0374. The number of nitrogens with zero attached hydrogens (tertiary/aromatic N) is 2. The molecule has 6 heterocycles. The molecular weight excluding hydrogens is 544 g/mol. The number of fused-ring (bicyclic) bond motifs is 6. The molecule has 4 bridgehead atoms. The molecule has 6 aliphatic heterocycles. The number of piperidine rings is 6. The largest absolute Gasteiger partial charge is 0.682 e. The van der Waals surface area contributed by atoms with Gasteiger partial charge in [-0.05, 0) is 38.8 Å². The number of hydrogen-bond donors (Lipinski definition) is 2. The molecule has 6 aliphatic rings. The van der Waals surface area contributed by atoms with Gasteiger partial charge in [-0.2, -0.15) is 0 Å². The van der Waals surface area contributed by atoms with Crippen LogP contribution in [0.2, 0.25) is 0 Å². The summed E-state index contributed by atoms with van der Waals surface area (Å²) in [5, 5.41) is 18.4. The molecule has 0 amide bonds. The van der Waals surface area contributed by atoms with Gasteiger partial charge in [-0.1, -0.05) is 0 Å². The molecule has 0 aromatic heterocycles. The number of carbonyl (C=O) groups excluding carboxylic acids is 6. The summed E-state index contributed by atoms with van der Waals surface area (Å²) in [6.07, 6.45) is 1.58. The molecule has 0 aromatic rings. The number of ether oxygens (including phenoxy) is 4. The van der Waals surface area contributed by atoms with Gasteiger partial charge < -0.3 is 29.2 Å². The summed E-state index contributed by atoms with van der Waals surface area (Å²) in [6.45, 7) is 4.86. The summed E-state index contributed by atoms with van der Waals surface area (Å²) in [4.78, 5) is 59.9. The maximum atomic E-state index is 12.6. The number of halogens is 1. The van der Waals surface area contributed by atoms with E-state index in [-0.39, 0.29) is 49.8 Å². The van der Waals surface area contributed by atoms with E-state index < -0.39 is 28.8 Å². The lowest BCUT2D eigenvalue weighted by Gasteiger charge is -2.51. The first kappa shape index (κ1) is 32.6. The minimum atomic E-state index is -1.14. The Balaban J connectivity index is 0.000000250. The van der Waals surface area contributed by atoms with Crippen molar-refractivity contribution in [3.05, 3.63) is 0 Å². The SMILES string of the molecule is C=[O+]C(=O)Cl.COC(=O)OCC1(COC(=O)OC)C(=O)C2CCN1CC2.O=C1C2CCN(CC2)C1(CO)CO. The van der Waals surface area contributed by atoms with E-state index in [1.807, 2.05) is 9.80 Å². The van der Waals surface area contributed by atoms with Gasteiger partial charge in [-0.3, -0.25) is 23.8 Å². The van der Waals surface area contributed by atoms with Gasteiger partial charge >= 0.3 is 17.7 Å². The van der Waals surface area contributed by atoms with Crippen molar-refractivity contribution in [2.75, 3.05) is 66.8 Å². The van der Waals surface area contributed by atoms with E-state index >= 15 is 0 Å². The quantitative estimate of drug-likeness (QED) is 0.249. The predicted molar refractivity (Wildman–Crippen MR) is 133 cm³/mol. The zero-order chi connectivity index (χ0) is 29.2. The average Bonchev–Trinajstić information content (AvgIpc) is 2.98. The first-order chi connectivity index (χ1) is 18.5. The molecule has 6 saturated heterocycles. The van der Waals surface area contributed by atoms with Crippen molar-refractivity contribution in [2.45, 2.75) is 36.8 Å². The van der Waals surface area contributed by atoms with E-state index in [0.29, 0.717) is 13.1 Å². The van der Waals surface area contributed by atoms with E-state index in [0.717, 1.165) is 38.8 Å². The van der Waals surface area contributed by atoms with Crippen molar-refractivity contribution in [3.8, 4) is 0 Å². The zero-order valence-corrected chi connectivity index (χ0v) is 22.9. The fraction of sp³-hybridized carbons (Fsp3) is 0.750. The smallest absolute Gasteiger partial charge is 0.438 e. The maximum absolute atomic E-state index is 12.6. The lowest BCUT2D eigenvalue weighted by molar-refractivity contribution is -0.318. The van der Waals surface area contributed by atoms with Gasteiger partial charge in [0.05, 0.1) is 43.8 Å². The normalized spacial score (nSPS) is 27.1. The van der Waals surface area contributed by atoms with Crippen LogP contribution < -0.4 is 0 Å². The number of Topliss-reactive ketones (excluding diaryl/α,β-unsaturated/α-hetero) is 2. The number of rotatable bonds is 6. The number of methoxy groups -OCH3 is 2. The molecule has 0 saturated carbocycles. The molecule has 0 aliphatic carbocycles. The van der Waals surface area contributed by atoms with Crippen LogP contribution in [0, 0.1) is 11.8 Å². The van der Waals surface area contributed by atoms with E-state index in [4.69, 9.17) is 9.47 Å². The van der Waals surface area contributed by atoms with Gasteiger partial charge in [-0.25, -0.2) is 9.59 Å². The van der Waals surface area contributed by atoms with Crippen LogP contribution in [0.5, 0.6) is 0 Å². The summed E-state index contributed by atoms with van der Waals surface area (Å²) >= 11 is 4.54. The molecule has 0 radical (unpaired) electrons. The van der Waals surface area contributed by atoms with Crippen molar-refractivity contribution in [3.63, 3.8) is 0 Å². The van der Waals surface area contributed by atoms with E-state index in [1.165, 1.54) is 14.2 Å². The second-order valence-electron chi connectivity index (χ2n) is 9.50. The van der Waals surface area contributed by atoms with Crippen LogP contribution in [0.1, 0.15) is 25.7 Å². The average molecular weight is 580 g/mol. The molecule has 0 unspecified atom stereocenters. The molecule has 0 aromatic carbocycles. The van der Waals surface area contributed by atoms with Gasteiger partial charge in [0.2, 0.25) is 0 Å². The van der Waals surface area contributed by atoms with Crippen LogP contribution >= 0.6 is 11.6 Å². The summed E-state index contributed by atoms with van der Waals surface area (Å²) in [6, 6.07) is 0. The maximum Gasteiger partial charge on any atom is 0.682 e. The van der Waals surface area contributed by atoms with Gasteiger partial charge in [0.25, 0.3) is 0 Å². The fourth-order valence-electron chi connectivity index (χ4n) is 5.46. The second-order valence-corrected chi connectivity index (χ2v) is 9.81. The van der Waals surface area contributed by atoms with Crippen molar-refractivity contribution in [1.82, 2.24) is 9.80 Å². The Kier molecular flexibility index (Phi) is 12.2. The summed E-state index contributed by atoms with van der Waals surface area (Å²) < 4.78 is 22.4. The highest BCUT2D eigenvalue weighted by Crippen LogP contribution is 2.37. The Morgan fingerprint density at radius 1 is 0.846 bits per heavy atom. The molecule has 6 fully saturated rings. The van der Waals surface area contributed by atoms with Crippen LogP contribution in [0.3, 0.4) is 0 Å². The first-order valence-electron chi connectivity index (χ1n) is 12.4. The van der Waals surface area contributed by atoms with Crippen molar-refractivity contribution >= 4 is 47.7 Å². The van der Waals surface area contributed by atoms with E-state index in [2.05, 4.69) is 32.3 Å². The lowest BCUT2D eigenvalue weighted by atomic mass is 9.74. The molecule has 0 spiro atoms. The Hall–Kier alpha value is -2.65. The lowest BCUT2D eigenvalue weighted by Crippen LogP contribution is -2.69. The third kappa shape index (κ3) is 7.31. The fourth-order valence-corrected chi connectivity index (χ4v) is 5.46. The molecule has 39 heavy (non-hydrogen) atoms. The molecule has 15 heteroatoms. The Morgan fingerprint density at radius 3 is 1.41 bits per heavy atom. The van der Waals surface area contributed by atoms with E-state index in [9.17, 15) is 34.2 Å². The number of ketones is 2. The first-order valence-corrected chi connectivity index (χ1v) is 12.8. The van der Waals surface area contributed by atoms with Gasteiger partial charge in [0.15, 0.2) is 18.4 Å². The van der Waals surface area contributed by atoms with Crippen molar-refractivity contribution in [1.29, 1.82) is 0 Å². The topological polar surface area (TPSA) is 181 Å². The van der Waals surface area contributed by atoms with Crippen LogP contribution in [0.25, 0.3) is 0 Å². The Labute approximate surface area is 230 Å². The van der Waals surface area contributed by atoms with Crippen molar-refractivity contribution in [2.24, 2.45) is 11.8 Å². The zero-order valence-electron chi connectivity index (χ0n) is 22.1. The number of aliphatic hydroxyl groups is 2. The Bertz CT molecular complexity index is 889. The highest BCUT2D eigenvalue weighted by molar-refractivity contribution is 6.60. The van der Waals surface area contributed by atoms with E-state index in [1.54, 1.807) is 0 Å². The summed E-state index contributed by atoms with van der Waals surface area (Å²) in [5.41, 5.74) is -2.98. The minimum absolute atomic E-state index is 0.0370. The molecule has 14 nitrogen and oxygen atoms in total. The molecular formula is C24H36ClN2O12+. The molecule has 6 rings (SSSR count). The summed E-state index contributed by atoms with van der Waals surface area (Å²) in [7, 11) is 2.38. The third-order valence-corrected chi connectivity index (χ3v) is 7.80. The van der Waals surface area contributed by atoms with Gasteiger partial charge in [0, 0.05) is 24.9 Å². The number of carbonyl (C=O) groups is 5.